The molecule has 0 aromatic rings. The van der Waals surface area contributed by atoms with Gasteiger partial charge in [0, 0.05) is 12.8 Å². The number of carbonyl (C=O) groups is 1. The van der Waals surface area contributed by atoms with Gasteiger partial charge in [0.1, 0.15) is 5.78 Å². The maximum absolute atomic E-state index is 12.1. The molecule has 0 atom stereocenters. The number of rotatable bonds is 32. The summed E-state index contributed by atoms with van der Waals surface area (Å²) < 4.78 is 0. The highest BCUT2D eigenvalue weighted by atomic mass is 35.5. The van der Waals surface area contributed by atoms with Gasteiger partial charge >= 0.3 is 0 Å². The van der Waals surface area contributed by atoms with Crippen molar-refractivity contribution < 1.29 is 4.79 Å². The van der Waals surface area contributed by atoms with Crippen molar-refractivity contribution in [1.82, 2.24) is 0 Å². The normalized spacial score (nSPS) is 11.1. The van der Waals surface area contributed by atoms with Crippen molar-refractivity contribution in [2.45, 2.75) is 219 Å². The maximum Gasteiger partial charge on any atom is 0.132 e. The molecule has 0 radical (unpaired) electrons. The molecule has 0 saturated carbocycles. The van der Waals surface area contributed by atoms with Gasteiger partial charge in [0.05, 0.1) is 0 Å². The summed E-state index contributed by atoms with van der Waals surface area (Å²) in [7, 11) is 0. The summed E-state index contributed by atoms with van der Waals surface area (Å²) in [6.45, 7) is 4.59. The number of hydrogen-bond acceptors (Lipinski definition) is 1. The number of Topliss-reactive ketones (excluding diaryl/α,β-unsaturated/α-hetero) is 1. The largest absolute Gasteiger partial charge is 0.300 e. The summed E-state index contributed by atoms with van der Waals surface area (Å²) >= 11 is 0. The summed E-state index contributed by atoms with van der Waals surface area (Å²) in [5.41, 5.74) is 0. The maximum atomic E-state index is 12.1. The first-order valence-corrected chi connectivity index (χ1v) is 17.3. The Morgan fingerprint density at radius 3 is 0.649 bits per heavy atom. The van der Waals surface area contributed by atoms with E-state index in [0.717, 1.165) is 25.7 Å². The Kier molecular flexibility index (Phi) is 38.0. The van der Waals surface area contributed by atoms with Crippen LogP contribution in [-0.4, -0.2) is 5.78 Å². The molecular formula is C35H71ClO. The van der Waals surface area contributed by atoms with Crippen LogP contribution in [0, 0.1) is 0 Å². The second-order valence-corrected chi connectivity index (χ2v) is 11.9. The third-order valence-electron chi connectivity index (χ3n) is 8.12. The van der Waals surface area contributed by atoms with Crippen molar-refractivity contribution in [2.75, 3.05) is 0 Å². The van der Waals surface area contributed by atoms with Crippen molar-refractivity contribution in [3.63, 3.8) is 0 Å². The summed E-state index contributed by atoms with van der Waals surface area (Å²) in [5, 5.41) is 0. The van der Waals surface area contributed by atoms with Gasteiger partial charge in [-0.1, -0.05) is 194 Å². The van der Waals surface area contributed by atoms with E-state index in [9.17, 15) is 4.79 Å². The molecule has 1 nitrogen and oxygen atoms in total. The van der Waals surface area contributed by atoms with Crippen LogP contribution in [0.25, 0.3) is 0 Å². The lowest BCUT2D eigenvalue weighted by Gasteiger charge is -2.04. The third-order valence-corrected chi connectivity index (χ3v) is 8.12. The smallest absolute Gasteiger partial charge is 0.132 e. The summed E-state index contributed by atoms with van der Waals surface area (Å²) in [5.74, 6) is 0.527. The Bertz CT molecular complexity index is 372. The highest BCUT2D eigenvalue weighted by Crippen LogP contribution is 2.16. The molecule has 0 aromatic heterocycles. The molecule has 0 unspecified atom stereocenters. The fourth-order valence-electron chi connectivity index (χ4n) is 5.51. The van der Waals surface area contributed by atoms with E-state index in [1.54, 1.807) is 0 Å². The summed E-state index contributed by atoms with van der Waals surface area (Å²) in [4.78, 5) is 12.1. The second-order valence-electron chi connectivity index (χ2n) is 11.9. The molecule has 0 aliphatic rings. The zero-order chi connectivity index (χ0) is 26.2. The highest BCUT2D eigenvalue weighted by Gasteiger charge is 2.02. The van der Waals surface area contributed by atoms with Gasteiger partial charge in [0.15, 0.2) is 0 Å². The summed E-state index contributed by atoms with van der Waals surface area (Å²) in [6, 6.07) is 0. The number of carbonyl (C=O) groups excluding carboxylic acids is 1. The fourth-order valence-corrected chi connectivity index (χ4v) is 5.51. The standard InChI is InChI=1S/C35H70O.ClH/c1-3-5-7-9-11-13-15-17-19-21-23-25-27-29-31-33-35(36)34-32-30-28-26-24-22-20-18-16-14-12-10-8-6-4-2;/h3-34H2,1-2H3;1H. The molecule has 0 aliphatic heterocycles. The van der Waals surface area contributed by atoms with Gasteiger partial charge in [-0.2, -0.15) is 0 Å². The van der Waals surface area contributed by atoms with Gasteiger partial charge in [0.2, 0.25) is 0 Å². The van der Waals surface area contributed by atoms with Crippen LogP contribution in [0.3, 0.4) is 0 Å². The first-order valence-electron chi connectivity index (χ1n) is 17.3. The Hall–Kier alpha value is -0.0400. The Labute approximate surface area is 241 Å². The minimum Gasteiger partial charge on any atom is -0.300 e. The SMILES string of the molecule is CCCCCCCCCCCCCCCCCC(=O)CCCCCCCCCCCCCCCCC.Cl. The second kappa shape index (κ2) is 36.0. The molecule has 0 spiro atoms. The van der Waals surface area contributed by atoms with E-state index in [1.165, 1.54) is 180 Å². The molecule has 0 fully saturated rings. The molecule has 0 aromatic carbocycles. The van der Waals surface area contributed by atoms with Crippen LogP contribution in [0.15, 0.2) is 0 Å². The highest BCUT2D eigenvalue weighted by molar-refractivity contribution is 5.85. The molecular weight excluding hydrogens is 472 g/mol. The first-order chi connectivity index (χ1) is 17.8. The third kappa shape index (κ3) is 36.0. The average molecular weight is 543 g/mol. The molecule has 0 heterocycles. The fraction of sp³-hybridized carbons (Fsp3) is 0.971. The van der Waals surface area contributed by atoms with Crippen molar-refractivity contribution in [3.8, 4) is 0 Å². The van der Waals surface area contributed by atoms with Crippen LogP contribution >= 0.6 is 12.4 Å². The van der Waals surface area contributed by atoms with Crippen LogP contribution in [0.4, 0.5) is 0 Å². The van der Waals surface area contributed by atoms with E-state index in [-0.39, 0.29) is 12.4 Å². The van der Waals surface area contributed by atoms with Crippen molar-refractivity contribution in [1.29, 1.82) is 0 Å². The van der Waals surface area contributed by atoms with Gasteiger partial charge in [-0.25, -0.2) is 0 Å². The van der Waals surface area contributed by atoms with Crippen LogP contribution in [-0.2, 0) is 4.79 Å². The molecule has 0 amide bonds. The quantitative estimate of drug-likeness (QED) is 0.0772. The first kappa shape index (κ1) is 39.1. The minimum atomic E-state index is 0. The monoisotopic (exact) mass is 543 g/mol. The van der Waals surface area contributed by atoms with Crippen LogP contribution in [0.2, 0.25) is 0 Å². The van der Waals surface area contributed by atoms with Crippen molar-refractivity contribution in [2.24, 2.45) is 0 Å². The average Bonchev–Trinajstić information content (AvgIpc) is 2.88. The van der Waals surface area contributed by atoms with Crippen molar-refractivity contribution >= 4 is 18.2 Å². The van der Waals surface area contributed by atoms with E-state index in [4.69, 9.17) is 0 Å². The number of unbranched alkanes of at least 4 members (excludes halogenated alkanes) is 28. The molecule has 2 heteroatoms. The number of ketones is 1. The van der Waals surface area contributed by atoms with Gasteiger partial charge in [-0.15, -0.1) is 12.4 Å². The number of halogens is 1. The molecule has 37 heavy (non-hydrogen) atoms. The topological polar surface area (TPSA) is 17.1 Å². The summed E-state index contributed by atoms with van der Waals surface area (Å²) in [6.07, 6.45) is 43.4. The van der Waals surface area contributed by atoms with E-state index in [0.29, 0.717) is 5.78 Å². The predicted molar refractivity (Wildman–Crippen MR) is 171 cm³/mol. The molecule has 0 N–H and O–H groups in total. The molecule has 0 bridgehead atoms. The van der Waals surface area contributed by atoms with E-state index in [2.05, 4.69) is 13.8 Å². The Morgan fingerprint density at radius 1 is 0.297 bits per heavy atom. The number of hydrogen-bond donors (Lipinski definition) is 0. The Morgan fingerprint density at radius 2 is 0.459 bits per heavy atom. The van der Waals surface area contributed by atoms with Gasteiger partial charge in [-0.3, -0.25) is 4.79 Å². The van der Waals surface area contributed by atoms with Crippen LogP contribution in [0.1, 0.15) is 219 Å². The van der Waals surface area contributed by atoms with Gasteiger partial charge in [0.25, 0.3) is 0 Å². The lowest BCUT2D eigenvalue weighted by atomic mass is 10.0. The molecule has 224 valence electrons. The lowest BCUT2D eigenvalue weighted by Crippen LogP contribution is -1.97. The van der Waals surface area contributed by atoms with Crippen LogP contribution in [0.5, 0.6) is 0 Å². The van der Waals surface area contributed by atoms with Gasteiger partial charge in [-0.05, 0) is 12.8 Å². The van der Waals surface area contributed by atoms with E-state index in [1.807, 2.05) is 0 Å². The Balaban J connectivity index is 0. The predicted octanol–water partition coefficient (Wildman–Crippen LogP) is 13.5. The van der Waals surface area contributed by atoms with Crippen molar-refractivity contribution in [3.05, 3.63) is 0 Å². The van der Waals surface area contributed by atoms with E-state index < -0.39 is 0 Å². The minimum absolute atomic E-state index is 0. The zero-order valence-electron chi connectivity index (χ0n) is 25.9. The lowest BCUT2D eigenvalue weighted by molar-refractivity contribution is -0.119. The van der Waals surface area contributed by atoms with E-state index >= 15 is 0 Å². The molecule has 0 aliphatic carbocycles. The van der Waals surface area contributed by atoms with Crippen LogP contribution < -0.4 is 0 Å². The van der Waals surface area contributed by atoms with Gasteiger partial charge < -0.3 is 0 Å². The molecule has 0 rings (SSSR count). The zero-order valence-corrected chi connectivity index (χ0v) is 26.8. The molecule has 0 saturated heterocycles.